The molecule has 94 valence electrons. The highest BCUT2D eigenvalue weighted by Crippen LogP contribution is 2.37. The number of nitrogens with zero attached hydrogens (tertiary/aromatic N) is 1. The quantitative estimate of drug-likeness (QED) is 0.787. The van der Waals surface area contributed by atoms with Crippen molar-refractivity contribution in [3.8, 4) is 6.07 Å². The molecule has 1 aliphatic rings. The number of hydrogen-bond donors (Lipinski definition) is 0. The van der Waals surface area contributed by atoms with Crippen LogP contribution in [0.3, 0.4) is 0 Å². The highest BCUT2D eigenvalue weighted by atomic mass is 79.9. The zero-order valence-electron chi connectivity index (χ0n) is 9.90. The number of rotatable bonds is 2. The molecule has 0 bridgehead atoms. The first kappa shape index (κ1) is 13.1. The number of ether oxygens (including phenoxy) is 2. The molecule has 0 saturated carbocycles. The van der Waals surface area contributed by atoms with Crippen molar-refractivity contribution in [3.63, 3.8) is 0 Å². The topological polar surface area (TPSA) is 59.3 Å². The smallest absolute Gasteiger partial charge is 0.337 e. The van der Waals surface area contributed by atoms with Gasteiger partial charge in [-0.1, -0.05) is 22.0 Å². The van der Waals surface area contributed by atoms with Gasteiger partial charge in [-0.3, -0.25) is 0 Å². The molecule has 1 saturated heterocycles. The molecule has 5 heteroatoms. The molecule has 18 heavy (non-hydrogen) atoms. The van der Waals surface area contributed by atoms with Crippen molar-refractivity contribution >= 4 is 21.9 Å². The Labute approximate surface area is 114 Å². The molecule has 0 N–H and O–H groups in total. The molecule has 1 aromatic rings. The number of benzene rings is 1. The van der Waals surface area contributed by atoms with Crippen LogP contribution in [0.1, 0.15) is 22.3 Å². The third kappa shape index (κ3) is 2.14. The molecule has 0 amide bonds. The Kier molecular flexibility index (Phi) is 3.69. The Bertz CT molecular complexity index is 515. The van der Waals surface area contributed by atoms with Crippen molar-refractivity contribution in [2.45, 2.75) is 11.8 Å². The Morgan fingerprint density at radius 2 is 2.39 bits per heavy atom. The molecular weight excluding hydrogens is 298 g/mol. The predicted molar refractivity (Wildman–Crippen MR) is 68.2 cm³/mol. The van der Waals surface area contributed by atoms with E-state index < -0.39 is 11.4 Å². The van der Waals surface area contributed by atoms with E-state index in [1.54, 1.807) is 18.2 Å². The van der Waals surface area contributed by atoms with E-state index in [0.717, 1.165) is 10.0 Å². The Balaban J connectivity index is 2.42. The van der Waals surface area contributed by atoms with E-state index in [-0.39, 0.29) is 0 Å². The van der Waals surface area contributed by atoms with Crippen molar-refractivity contribution in [3.05, 3.63) is 33.8 Å². The summed E-state index contributed by atoms with van der Waals surface area (Å²) in [6.07, 6.45) is 0.666. The zero-order chi connectivity index (χ0) is 13.2. The van der Waals surface area contributed by atoms with Crippen LogP contribution in [0.5, 0.6) is 0 Å². The average Bonchev–Trinajstić information content (AvgIpc) is 2.87. The van der Waals surface area contributed by atoms with Crippen molar-refractivity contribution in [2.24, 2.45) is 0 Å². The molecule has 1 unspecified atom stereocenters. The molecule has 1 atom stereocenters. The molecule has 1 heterocycles. The number of nitriles is 1. The first-order valence-corrected chi connectivity index (χ1v) is 6.29. The van der Waals surface area contributed by atoms with Crippen LogP contribution >= 0.6 is 15.9 Å². The Morgan fingerprint density at radius 3 is 2.89 bits per heavy atom. The second kappa shape index (κ2) is 5.09. The van der Waals surface area contributed by atoms with Gasteiger partial charge in [0, 0.05) is 11.1 Å². The maximum Gasteiger partial charge on any atom is 0.337 e. The second-order valence-corrected chi connectivity index (χ2v) is 5.04. The Morgan fingerprint density at radius 1 is 1.61 bits per heavy atom. The molecule has 1 fully saturated rings. The predicted octanol–water partition coefficient (Wildman–Crippen LogP) is 2.42. The van der Waals surface area contributed by atoms with Crippen LogP contribution in [0.2, 0.25) is 0 Å². The largest absolute Gasteiger partial charge is 0.465 e. The maximum atomic E-state index is 11.4. The zero-order valence-corrected chi connectivity index (χ0v) is 11.5. The summed E-state index contributed by atoms with van der Waals surface area (Å²) in [5.41, 5.74) is 0.698. The minimum atomic E-state index is -0.618. The van der Waals surface area contributed by atoms with Gasteiger partial charge in [-0.15, -0.1) is 0 Å². The van der Waals surface area contributed by atoms with Crippen LogP contribution in [-0.4, -0.2) is 26.3 Å². The summed E-state index contributed by atoms with van der Waals surface area (Å²) < 4.78 is 10.7. The summed E-state index contributed by atoms with van der Waals surface area (Å²) >= 11 is 3.42. The first-order valence-electron chi connectivity index (χ1n) is 5.50. The van der Waals surface area contributed by atoms with E-state index in [9.17, 15) is 10.1 Å². The monoisotopic (exact) mass is 309 g/mol. The molecule has 1 aromatic carbocycles. The average molecular weight is 310 g/mol. The van der Waals surface area contributed by atoms with Gasteiger partial charge >= 0.3 is 5.97 Å². The van der Waals surface area contributed by atoms with Gasteiger partial charge in [-0.2, -0.15) is 5.26 Å². The SMILES string of the molecule is COC(=O)c1ccc(C2(C#N)CCOC2)c(Br)c1. The summed E-state index contributed by atoms with van der Waals surface area (Å²) in [6, 6.07) is 7.46. The van der Waals surface area contributed by atoms with Crippen molar-refractivity contribution in [2.75, 3.05) is 20.3 Å². The van der Waals surface area contributed by atoms with E-state index in [1.165, 1.54) is 7.11 Å². The van der Waals surface area contributed by atoms with Gasteiger partial charge in [-0.05, 0) is 24.1 Å². The van der Waals surface area contributed by atoms with Gasteiger partial charge in [0.15, 0.2) is 0 Å². The first-order chi connectivity index (χ1) is 8.63. The van der Waals surface area contributed by atoms with Gasteiger partial charge in [0.2, 0.25) is 0 Å². The van der Waals surface area contributed by atoms with E-state index in [4.69, 9.17) is 4.74 Å². The number of halogens is 1. The lowest BCUT2D eigenvalue weighted by molar-refractivity contribution is 0.0600. The van der Waals surface area contributed by atoms with Crippen LogP contribution < -0.4 is 0 Å². The standard InChI is InChI=1S/C13H12BrNO3/c1-17-12(16)9-2-3-10(11(14)6-9)13(7-15)4-5-18-8-13/h2-3,6H,4-5,8H2,1H3. The molecule has 1 aliphatic heterocycles. The molecule has 2 rings (SSSR count). The van der Waals surface area contributed by atoms with Crippen LogP contribution in [0, 0.1) is 11.3 Å². The van der Waals surface area contributed by atoms with Gasteiger partial charge < -0.3 is 9.47 Å². The van der Waals surface area contributed by atoms with Gasteiger partial charge in [-0.25, -0.2) is 4.79 Å². The normalized spacial score (nSPS) is 22.5. The van der Waals surface area contributed by atoms with Gasteiger partial charge in [0.25, 0.3) is 0 Å². The minimum Gasteiger partial charge on any atom is -0.465 e. The van der Waals surface area contributed by atoms with Gasteiger partial charge in [0.05, 0.1) is 25.3 Å². The second-order valence-electron chi connectivity index (χ2n) is 4.18. The molecule has 4 nitrogen and oxygen atoms in total. The number of carbonyl (C=O) groups excluding carboxylic acids is 1. The van der Waals surface area contributed by atoms with Crippen LogP contribution in [0.25, 0.3) is 0 Å². The highest BCUT2D eigenvalue weighted by molar-refractivity contribution is 9.10. The lowest BCUT2D eigenvalue weighted by Gasteiger charge is -2.20. The fourth-order valence-electron chi connectivity index (χ4n) is 2.07. The summed E-state index contributed by atoms with van der Waals surface area (Å²) in [4.78, 5) is 11.4. The number of carbonyl (C=O) groups is 1. The maximum absolute atomic E-state index is 11.4. The van der Waals surface area contributed by atoms with Crippen molar-refractivity contribution < 1.29 is 14.3 Å². The molecule has 0 aromatic heterocycles. The van der Waals surface area contributed by atoms with Crippen molar-refractivity contribution in [1.29, 1.82) is 5.26 Å². The molecule has 0 radical (unpaired) electrons. The Hall–Kier alpha value is -1.38. The molecular formula is C13H12BrNO3. The minimum absolute atomic E-state index is 0.389. The van der Waals surface area contributed by atoms with Crippen LogP contribution in [-0.2, 0) is 14.9 Å². The summed E-state index contributed by atoms with van der Waals surface area (Å²) in [5, 5.41) is 9.38. The summed E-state index contributed by atoms with van der Waals surface area (Å²) in [5.74, 6) is -0.393. The lowest BCUT2D eigenvalue weighted by Crippen LogP contribution is -2.24. The fraction of sp³-hybridized carbons (Fsp3) is 0.385. The fourth-order valence-corrected chi connectivity index (χ4v) is 2.83. The van der Waals surface area contributed by atoms with E-state index in [2.05, 4.69) is 26.7 Å². The molecule has 0 spiro atoms. The van der Waals surface area contributed by atoms with Crippen LogP contribution in [0.15, 0.2) is 22.7 Å². The lowest BCUT2D eigenvalue weighted by atomic mass is 9.81. The third-order valence-electron chi connectivity index (χ3n) is 3.14. The van der Waals surface area contributed by atoms with E-state index in [0.29, 0.717) is 25.2 Å². The summed E-state index contributed by atoms with van der Waals surface area (Å²) in [7, 11) is 1.34. The van der Waals surface area contributed by atoms with E-state index in [1.807, 2.05) is 0 Å². The van der Waals surface area contributed by atoms with E-state index >= 15 is 0 Å². The highest BCUT2D eigenvalue weighted by Gasteiger charge is 2.38. The third-order valence-corrected chi connectivity index (χ3v) is 3.80. The number of methoxy groups -OCH3 is 1. The van der Waals surface area contributed by atoms with Crippen LogP contribution in [0.4, 0.5) is 0 Å². The number of hydrogen-bond acceptors (Lipinski definition) is 4. The number of esters is 1. The van der Waals surface area contributed by atoms with Gasteiger partial charge in [0.1, 0.15) is 5.41 Å². The molecule has 0 aliphatic carbocycles. The summed E-state index contributed by atoms with van der Waals surface area (Å²) in [6.45, 7) is 0.971. The van der Waals surface area contributed by atoms with Crippen molar-refractivity contribution in [1.82, 2.24) is 0 Å².